The first-order valence-corrected chi connectivity index (χ1v) is 3.70. The SMILES string of the molecule is CC(O)CN1CCCNN1. The molecule has 1 aliphatic rings. The molecule has 1 aliphatic heterocycles. The van der Waals surface area contributed by atoms with Gasteiger partial charge in [0.25, 0.3) is 0 Å². The van der Waals surface area contributed by atoms with Crippen LogP contribution in [0.4, 0.5) is 0 Å². The number of hydrazine groups is 2. The summed E-state index contributed by atoms with van der Waals surface area (Å²) in [7, 11) is 0. The van der Waals surface area contributed by atoms with Crippen LogP contribution in [0, 0.1) is 0 Å². The van der Waals surface area contributed by atoms with E-state index in [0.29, 0.717) is 6.54 Å². The fourth-order valence-electron chi connectivity index (χ4n) is 1.04. The standard InChI is InChI=1S/C6H15N3O/c1-6(10)5-9-4-2-3-7-8-9/h6-8,10H,2-5H2,1H3. The second-order valence-electron chi connectivity index (χ2n) is 2.69. The van der Waals surface area contributed by atoms with Crippen LogP contribution >= 0.6 is 0 Å². The zero-order valence-electron chi connectivity index (χ0n) is 6.30. The number of aliphatic hydroxyl groups is 1. The average Bonchev–Trinajstić information content (AvgIpc) is 1.88. The summed E-state index contributed by atoms with van der Waals surface area (Å²) in [5.41, 5.74) is 5.98. The second-order valence-corrected chi connectivity index (χ2v) is 2.69. The maximum Gasteiger partial charge on any atom is 0.0653 e. The predicted molar refractivity (Wildman–Crippen MR) is 39.0 cm³/mol. The van der Waals surface area contributed by atoms with Crippen LogP contribution in [0.25, 0.3) is 0 Å². The Morgan fingerprint density at radius 1 is 1.70 bits per heavy atom. The van der Waals surface area contributed by atoms with E-state index in [1.54, 1.807) is 6.92 Å². The van der Waals surface area contributed by atoms with Gasteiger partial charge < -0.3 is 5.11 Å². The lowest BCUT2D eigenvalue weighted by molar-refractivity contribution is 0.0572. The number of β-amino-alcohol motifs (C(OH)–C–C–N with tert-alkyl or cyclic N) is 1. The van der Waals surface area contributed by atoms with Gasteiger partial charge in [-0.15, -0.1) is 0 Å². The Morgan fingerprint density at radius 2 is 2.50 bits per heavy atom. The molecule has 0 bridgehead atoms. The van der Waals surface area contributed by atoms with Crippen LogP contribution in [-0.2, 0) is 0 Å². The van der Waals surface area contributed by atoms with Crippen LogP contribution in [0.2, 0.25) is 0 Å². The van der Waals surface area contributed by atoms with Crippen molar-refractivity contribution >= 4 is 0 Å². The summed E-state index contributed by atoms with van der Waals surface area (Å²) in [5, 5.41) is 11.0. The van der Waals surface area contributed by atoms with E-state index >= 15 is 0 Å². The van der Waals surface area contributed by atoms with Crippen molar-refractivity contribution in [2.45, 2.75) is 19.4 Å². The van der Waals surface area contributed by atoms with Gasteiger partial charge in [-0.2, -0.15) is 5.53 Å². The van der Waals surface area contributed by atoms with Crippen LogP contribution < -0.4 is 11.0 Å². The minimum atomic E-state index is -0.257. The van der Waals surface area contributed by atoms with E-state index in [1.807, 2.05) is 5.01 Å². The summed E-state index contributed by atoms with van der Waals surface area (Å²) in [5.74, 6) is 0. The molecule has 0 saturated carbocycles. The first-order chi connectivity index (χ1) is 4.79. The molecule has 4 heteroatoms. The molecule has 1 heterocycles. The molecule has 0 radical (unpaired) electrons. The summed E-state index contributed by atoms with van der Waals surface area (Å²) in [6.45, 7) is 4.50. The number of nitrogens with zero attached hydrogens (tertiary/aromatic N) is 1. The fraction of sp³-hybridized carbons (Fsp3) is 1.00. The lowest BCUT2D eigenvalue weighted by Crippen LogP contribution is -2.54. The number of nitrogens with one attached hydrogen (secondary N) is 2. The fourth-order valence-corrected chi connectivity index (χ4v) is 1.04. The van der Waals surface area contributed by atoms with Gasteiger partial charge in [0.2, 0.25) is 0 Å². The Hall–Kier alpha value is -0.160. The Balaban J connectivity index is 2.13. The average molecular weight is 145 g/mol. The van der Waals surface area contributed by atoms with Crippen molar-refractivity contribution in [1.82, 2.24) is 16.0 Å². The quantitative estimate of drug-likeness (QED) is 0.470. The summed E-state index contributed by atoms with van der Waals surface area (Å²) < 4.78 is 0. The molecule has 1 atom stereocenters. The van der Waals surface area contributed by atoms with Gasteiger partial charge in [-0.25, -0.2) is 10.4 Å². The molecule has 10 heavy (non-hydrogen) atoms. The highest BCUT2D eigenvalue weighted by Gasteiger charge is 2.09. The Kier molecular flexibility index (Phi) is 3.08. The van der Waals surface area contributed by atoms with E-state index in [-0.39, 0.29) is 6.10 Å². The summed E-state index contributed by atoms with van der Waals surface area (Å²) in [6.07, 6.45) is 0.882. The van der Waals surface area contributed by atoms with E-state index in [4.69, 9.17) is 5.11 Å². The van der Waals surface area contributed by atoms with Crippen molar-refractivity contribution in [2.24, 2.45) is 0 Å². The number of hydrogen-bond donors (Lipinski definition) is 3. The number of aliphatic hydroxyl groups excluding tert-OH is 1. The zero-order valence-corrected chi connectivity index (χ0v) is 6.30. The van der Waals surface area contributed by atoms with E-state index < -0.39 is 0 Å². The van der Waals surface area contributed by atoms with Gasteiger partial charge in [-0.3, -0.25) is 0 Å². The van der Waals surface area contributed by atoms with Crippen molar-refractivity contribution < 1.29 is 5.11 Å². The van der Waals surface area contributed by atoms with Crippen LogP contribution in [0.1, 0.15) is 13.3 Å². The molecule has 0 aromatic heterocycles. The van der Waals surface area contributed by atoms with Gasteiger partial charge in [-0.1, -0.05) is 0 Å². The number of hydrogen-bond acceptors (Lipinski definition) is 4. The molecule has 3 N–H and O–H groups in total. The third-order valence-corrected chi connectivity index (χ3v) is 1.45. The van der Waals surface area contributed by atoms with E-state index in [9.17, 15) is 0 Å². The monoisotopic (exact) mass is 145 g/mol. The summed E-state index contributed by atoms with van der Waals surface area (Å²) in [6, 6.07) is 0. The van der Waals surface area contributed by atoms with Crippen LogP contribution in [0.3, 0.4) is 0 Å². The molecule has 60 valence electrons. The highest BCUT2D eigenvalue weighted by atomic mass is 16.3. The van der Waals surface area contributed by atoms with Crippen molar-refractivity contribution in [3.8, 4) is 0 Å². The Labute approximate surface area is 61.2 Å². The molecule has 0 aromatic rings. The minimum absolute atomic E-state index is 0.257. The molecule has 0 spiro atoms. The van der Waals surface area contributed by atoms with Gasteiger partial charge in [-0.05, 0) is 13.3 Å². The molecule has 0 aromatic carbocycles. The molecule has 4 nitrogen and oxygen atoms in total. The first kappa shape index (κ1) is 7.94. The summed E-state index contributed by atoms with van der Waals surface area (Å²) in [4.78, 5) is 0. The van der Waals surface area contributed by atoms with Crippen LogP contribution in [-0.4, -0.2) is 35.9 Å². The maximum atomic E-state index is 9.00. The van der Waals surface area contributed by atoms with Gasteiger partial charge in [0, 0.05) is 19.6 Å². The van der Waals surface area contributed by atoms with Gasteiger partial charge in [0.15, 0.2) is 0 Å². The predicted octanol–water partition coefficient (Wildman–Crippen LogP) is -0.918. The highest BCUT2D eigenvalue weighted by molar-refractivity contribution is 4.60. The third kappa shape index (κ3) is 2.62. The van der Waals surface area contributed by atoms with Crippen molar-refractivity contribution in [3.63, 3.8) is 0 Å². The van der Waals surface area contributed by atoms with Crippen molar-refractivity contribution in [3.05, 3.63) is 0 Å². The lowest BCUT2D eigenvalue weighted by atomic mass is 10.3. The zero-order chi connectivity index (χ0) is 7.40. The maximum absolute atomic E-state index is 9.00. The molecular formula is C6H15N3O. The Bertz CT molecular complexity index is 91.0. The second kappa shape index (κ2) is 3.88. The lowest BCUT2D eigenvalue weighted by Gasteiger charge is -2.28. The molecule has 1 fully saturated rings. The van der Waals surface area contributed by atoms with E-state index in [1.165, 1.54) is 0 Å². The van der Waals surface area contributed by atoms with Crippen molar-refractivity contribution in [2.75, 3.05) is 19.6 Å². The van der Waals surface area contributed by atoms with Crippen molar-refractivity contribution in [1.29, 1.82) is 0 Å². The van der Waals surface area contributed by atoms with E-state index in [2.05, 4.69) is 11.0 Å². The van der Waals surface area contributed by atoms with Gasteiger partial charge in [0.1, 0.15) is 0 Å². The van der Waals surface area contributed by atoms with Crippen LogP contribution in [0.15, 0.2) is 0 Å². The molecule has 0 amide bonds. The third-order valence-electron chi connectivity index (χ3n) is 1.45. The normalized spacial score (nSPS) is 24.6. The van der Waals surface area contributed by atoms with Gasteiger partial charge in [0.05, 0.1) is 6.10 Å². The molecule has 1 unspecified atom stereocenters. The van der Waals surface area contributed by atoms with Crippen LogP contribution in [0.5, 0.6) is 0 Å². The number of rotatable bonds is 2. The first-order valence-electron chi connectivity index (χ1n) is 3.70. The van der Waals surface area contributed by atoms with Gasteiger partial charge >= 0.3 is 0 Å². The molecule has 1 rings (SSSR count). The molecule has 1 saturated heterocycles. The summed E-state index contributed by atoms with van der Waals surface area (Å²) >= 11 is 0. The molecular weight excluding hydrogens is 130 g/mol. The topological polar surface area (TPSA) is 47.5 Å². The highest BCUT2D eigenvalue weighted by Crippen LogP contribution is 1.92. The minimum Gasteiger partial charge on any atom is -0.392 e. The van der Waals surface area contributed by atoms with E-state index in [0.717, 1.165) is 19.5 Å². The smallest absolute Gasteiger partial charge is 0.0653 e. The Morgan fingerprint density at radius 3 is 3.00 bits per heavy atom. The largest absolute Gasteiger partial charge is 0.392 e. The molecule has 0 aliphatic carbocycles.